The summed E-state index contributed by atoms with van der Waals surface area (Å²) in [6, 6.07) is 12.8. The Morgan fingerprint density at radius 2 is 1.90 bits per heavy atom. The molecule has 4 rings (SSSR count). The zero-order valence-corrected chi connectivity index (χ0v) is 16.9. The number of hydrogen-bond acceptors (Lipinski definition) is 7. The zero-order valence-electron chi connectivity index (χ0n) is 16.1. The molecule has 3 heterocycles. The number of thioether (sulfide) groups is 1. The van der Waals surface area contributed by atoms with E-state index < -0.39 is 17.1 Å². The van der Waals surface area contributed by atoms with Crippen molar-refractivity contribution >= 4 is 46.4 Å². The van der Waals surface area contributed by atoms with Crippen LogP contribution in [0.1, 0.15) is 5.56 Å². The minimum atomic E-state index is -0.468. The summed E-state index contributed by atoms with van der Waals surface area (Å²) in [6.07, 6.45) is 3.21. The molecule has 9 heteroatoms. The lowest BCUT2D eigenvalue weighted by Gasteiger charge is -2.27. The SMILES string of the molecule is O=C(CN1C(=O)S/C(=C/c2ccccc2)C1=O)Nc1ccc(N2CCOCC2)nc1. The number of aromatic nitrogens is 1. The van der Waals surface area contributed by atoms with Crippen LogP contribution >= 0.6 is 11.8 Å². The number of nitrogens with zero attached hydrogens (tertiary/aromatic N) is 3. The van der Waals surface area contributed by atoms with Crippen molar-refractivity contribution in [3.63, 3.8) is 0 Å². The molecule has 0 saturated carbocycles. The fraction of sp³-hybridized carbons (Fsp3) is 0.238. The number of pyridine rings is 1. The number of rotatable bonds is 5. The first kappa shape index (κ1) is 20.1. The third-order valence-electron chi connectivity index (χ3n) is 4.64. The Kier molecular flexibility index (Phi) is 6.10. The first-order chi connectivity index (χ1) is 14.6. The van der Waals surface area contributed by atoms with Crippen molar-refractivity contribution in [2.24, 2.45) is 0 Å². The highest BCUT2D eigenvalue weighted by atomic mass is 32.2. The third-order valence-corrected chi connectivity index (χ3v) is 5.55. The number of carbonyl (C=O) groups is 3. The standard InChI is InChI=1S/C21H20N4O4S/c26-19(23-16-6-7-18(22-13-16)24-8-10-29-11-9-24)14-25-20(27)17(30-21(25)28)12-15-4-2-1-3-5-15/h1-7,12-13H,8-11,14H2,(H,23,26)/b17-12+. The molecule has 2 saturated heterocycles. The van der Waals surface area contributed by atoms with Crippen LogP contribution in [0.2, 0.25) is 0 Å². The molecular weight excluding hydrogens is 404 g/mol. The van der Waals surface area contributed by atoms with Crippen LogP contribution in [0.4, 0.5) is 16.3 Å². The van der Waals surface area contributed by atoms with Crippen LogP contribution in [-0.2, 0) is 14.3 Å². The highest BCUT2D eigenvalue weighted by molar-refractivity contribution is 8.18. The Hall–Kier alpha value is -3.17. The normalized spacial score (nSPS) is 18.2. The largest absolute Gasteiger partial charge is 0.378 e. The van der Waals surface area contributed by atoms with Gasteiger partial charge in [0.25, 0.3) is 11.1 Å². The Balaban J connectivity index is 1.36. The smallest absolute Gasteiger partial charge is 0.294 e. The van der Waals surface area contributed by atoms with Crippen LogP contribution in [0.15, 0.2) is 53.6 Å². The maximum absolute atomic E-state index is 12.5. The molecular formula is C21H20N4O4S. The van der Waals surface area contributed by atoms with Crippen LogP contribution in [0.3, 0.4) is 0 Å². The molecule has 154 valence electrons. The van der Waals surface area contributed by atoms with Crippen LogP contribution in [0.25, 0.3) is 6.08 Å². The van der Waals surface area contributed by atoms with E-state index >= 15 is 0 Å². The minimum absolute atomic E-state index is 0.301. The third kappa shape index (κ3) is 4.69. The van der Waals surface area contributed by atoms with Crippen LogP contribution < -0.4 is 10.2 Å². The van der Waals surface area contributed by atoms with E-state index in [1.807, 2.05) is 36.4 Å². The lowest BCUT2D eigenvalue weighted by Crippen LogP contribution is -2.37. The van der Waals surface area contributed by atoms with Crippen molar-refractivity contribution in [1.82, 2.24) is 9.88 Å². The van der Waals surface area contributed by atoms with Crippen molar-refractivity contribution in [2.75, 3.05) is 43.1 Å². The number of imide groups is 1. The van der Waals surface area contributed by atoms with Gasteiger partial charge in [-0.1, -0.05) is 30.3 Å². The number of nitrogens with one attached hydrogen (secondary N) is 1. The predicted molar refractivity (Wildman–Crippen MR) is 115 cm³/mol. The molecule has 1 aromatic carbocycles. The zero-order chi connectivity index (χ0) is 20.9. The molecule has 2 aromatic rings. The van der Waals surface area contributed by atoms with E-state index in [0.717, 1.165) is 41.1 Å². The molecule has 3 amide bonds. The molecule has 0 aliphatic carbocycles. The number of carbonyl (C=O) groups excluding carboxylic acids is 3. The van der Waals surface area contributed by atoms with Gasteiger partial charge in [-0.25, -0.2) is 4.98 Å². The predicted octanol–water partition coefficient (Wildman–Crippen LogP) is 2.59. The molecule has 1 aromatic heterocycles. The number of anilines is 2. The van der Waals surface area contributed by atoms with E-state index in [9.17, 15) is 14.4 Å². The molecule has 1 N–H and O–H groups in total. The fourth-order valence-electron chi connectivity index (χ4n) is 3.12. The second-order valence-electron chi connectivity index (χ2n) is 6.73. The van der Waals surface area contributed by atoms with Gasteiger partial charge in [-0.3, -0.25) is 19.3 Å². The molecule has 2 aliphatic heterocycles. The molecule has 0 radical (unpaired) electrons. The topological polar surface area (TPSA) is 91.8 Å². The van der Waals surface area contributed by atoms with Gasteiger partial charge in [0.2, 0.25) is 5.91 Å². The van der Waals surface area contributed by atoms with Gasteiger partial charge in [-0.2, -0.15) is 0 Å². The van der Waals surface area contributed by atoms with Crippen molar-refractivity contribution in [3.05, 3.63) is 59.1 Å². The highest BCUT2D eigenvalue weighted by Gasteiger charge is 2.36. The summed E-state index contributed by atoms with van der Waals surface area (Å²) in [7, 11) is 0. The van der Waals surface area contributed by atoms with Gasteiger partial charge in [-0.05, 0) is 35.5 Å². The molecule has 0 spiro atoms. The van der Waals surface area contributed by atoms with Gasteiger partial charge in [-0.15, -0.1) is 0 Å². The summed E-state index contributed by atoms with van der Waals surface area (Å²) in [4.78, 5) is 44.8. The van der Waals surface area contributed by atoms with E-state index in [-0.39, 0.29) is 6.54 Å². The number of morpholine rings is 1. The molecule has 2 fully saturated rings. The van der Waals surface area contributed by atoms with E-state index in [1.165, 1.54) is 0 Å². The molecule has 0 atom stereocenters. The summed E-state index contributed by atoms with van der Waals surface area (Å²) >= 11 is 0.833. The van der Waals surface area contributed by atoms with E-state index in [4.69, 9.17) is 4.74 Å². The van der Waals surface area contributed by atoms with E-state index in [2.05, 4.69) is 15.2 Å². The second kappa shape index (κ2) is 9.10. The molecule has 8 nitrogen and oxygen atoms in total. The average Bonchev–Trinajstić information content (AvgIpc) is 3.03. The molecule has 0 unspecified atom stereocenters. The van der Waals surface area contributed by atoms with Gasteiger partial charge in [0, 0.05) is 13.1 Å². The van der Waals surface area contributed by atoms with Gasteiger partial charge >= 0.3 is 0 Å². The molecule has 2 aliphatic rings. The van der Waals surface area contributed by atoms with Crippen molar-refractivity contribution in [1.29, 1.82) is 0 Å². The van der Waals surface area contributed by atoms with Crippen LogP contribution in [0, 0.1) is 0 Å². The number of amides is 3. The Morgan fingerprint density at radius 1 is 1.13 bits per heavy atom. The first-order valence-electron chi connectivity index (χ1n) is 9.49. The Bertz CT molecular complexity index is 972. The van der Waals surface area contributed by atoms with Crippen molar-refractivity contribution in [2.45, 2.75) is 0 Å². The monoisotopic (exact) mass is 424 g/mol. The average molecular weight is 424 g/mol. The maximum atomic E-state index is 12.5. The minimum Gasteiger partial charge on any atom is -0.378 e. The summed E-state index contributed by atoms with van der Waals surface area (Å²) in [5.74, 6) is -0.114. The van der Waals surface area contributed by atoms with Gasteiger partial charge < -0.3 is 15.0 Å². The molecule has 0 bridgehead atoms. The Morgan fingerprint density at radius 3 is 2.60 bits per heavy atom. The highest BCUT2D eigenvalue weighted by Crippen LogP contribution is 2.32. The summed E-state index contributed by atoms with van der Waals surface area (Å²) < 4.78 is 5.33. The number of hydrogen-bond donors (Lipinski definition) is 1. The number of benzene rings is 1. The number of ether oxygens (including phenoxy) is 1. The van der Waals surface area contributed by atoms with Crippen LogP contribution in [0.5, 0.6) is 0 Å². The van der Waals surface area contributed by atoms with E-state index in [0.29, 0.717) is 23.8 Å². The summed E-state index contributed by atoms with van der Waals surface area (Å²) in [6.45, 7) is 2.53. The van der Waals surface area contributed by atoms with Gasteiger partial charge in [0.1, 0.15) is 12.4 Å². The second-order valence-corrected chi connectivity index (χ2v) is 7.72. The van der Waals surface area contributed by atoms with Crippen LogP contribution in [-0.4, -0.2) is 59.8 Å². The van der Waals surface area contributed by atoms with Gasteiger partial charge in [0.15, 0.2) is 0 Å². The van der Waals surface area contributed by atoms with Crippen molar-refractivity contribution < 1.29 is 19.1 Å². The van der Waals surface area contributed by atoms with Gasteiger partial charge in [0.05, 0.1) is 30.0 Å². The lowest BCUT2D eigenvalue weighted by atomic mass is 10.2. The maximum Gasteiger partial charge on any atom is 0.294 e. The summed E-state index contributed by atoms with van der Waals surface area (Å²) in [5.41, 5.74) is 1.32. The fourth-order valence-corrected chi connectivity index (χ4v) is 3.96. The first-order valence-corrected chi connectivity index (χ1v) is 10.3. The summed E-state index contributed by atoms with van der Waals surface area (Å²) in [5, 5.41) is 2.23. The lowest BCUT2D eigenvalue weighted by molar-refractivity contribution is -0.127. The Labute approximate surface area is 177 Å². The van der Waals surface area contributed by atoms with E-state index in [1.54, 1.807) is 18.3 Å². The van der Waals surface area contributed by atoms with Crippen molar-refractivity contribution in [3.8, 4) is 0 Å². The molecule has 30 heavy (non-hydrogen) atoms. The quantitative estimate of drug-likeness (QED) is 0.738.